The molecule has 5 atom stereocenters. The molecule has 11 heteroatoms. The number of urea groups is 1. The first-order valence-electron chi connectivity index (χ1n) is 6.65. The van der Waals surface area contributed by atoms with Crippen LogP contribution in [0.15, 0.2) is 5.29 Å². The molecule has 0 aromatic heterocycles. The van der Waals surface area contributed by atoms with Gasteiger partial charge in [0.2, 0.25) is 11.5 Å². The van der Waals surface area contributed by atoms with Crippen LogP contribution in [0.2, 0.25) is 0 Å². The van der Waals surface area contributed by atoms with Gasteiger partial charge in [0.1, 0.15) is 18.3 Å². The lowest BCUT2D eigenvalue weighted by molar-refractivity contribution is -0.396. The number of nitrogens with zero attached hydrogens (tertiary/aromatic N) is 2. The number of carbonyl (C=O) groups is 1. The van der Waals surface area contributed by atoms with Crippen molar-refractivity contribution >= 4 is 6.03 Å². The Morgan fingerprint density at radius 3 is 2.45 bits per heavy atom. The molecule has 0 saturated carbocycles. The molecule has 0 bridgehead atoms. The van der Waals surface area contributed by atoms with E-state index in [9.17, 15) is 30.1 Å². The molecule has 1 rings (SSSR count). The molecule has 6 N–H and O–H groups in total. The monoisotopic (exact) mass is 323 g/mol. The quantitative estimate of drug-likeness (QED) is 0.184. The first kappa shape index (κ1) is 18.7. The number of aliphatic hydroxyl groups is 5. The predicted molar refractivity (Wildman–Crippen MR) is 70.9 cm³/mol. The van der Waals surface area contributed by atoms with Crippen molar-refractivity contribution in [2.24, 2.45) is 5.29 Å². The van der Waals surface area contributed by atoms with E-state index in [1.807, 2.05) is 5.32 Å². The van der Waals surface area contributed by atoms with Crippen LogP contribution in [0.3, 0.4) is 0 Å². The zero-order valence-electron chi connectivity index (χ0n) is 12.2. The van der Waals surface area contributed by atoms with Gasteiger partial charge in [-0.3, -0.25) is 0 Å². The summed E-state index contributed by atoms with van der Waals surface area (Å²) in [6, 6.07) is -1.23. The summed E-state index contributed by atoms with van der Waals surface area (Å²) in [5, 5.41) is 54.4. The summed E-state index contributed by atoms with van der Waals surface area (Å²) >= 11 is 0. The van der Waals surface area contributed by atoms with Crippen molar-refractivity contribution in [3.8, 4) is 0 Å². The molecule has 1 aliphatic rings. The van der Waals surface area contributed by atoms with Gasteiger partial charge in [-0.05, 0) is 0 Å². The fourth-order valence-corrected chi connectivity index (χ4v) is 2.28. The van der Waals surface area contributed by atoms with E-state index in [1.54, 1.807) is 6.92 Å². The standard InChI is InChI=1S/C11H21N3O8/c1-3-4-10(19)11(20,12-9(18)14(2)13-21)8(17)7(16)6(5-15)22-10/h6-8,15-17,19-20H,3-5H2,1-2H3,(H,12,18)/t6-,7-,8+,10+,11-/m1/s1. The van der Waals surface area contributed by atoms with Gasteiger partial charge >= 0.3 is 6.03 Å². The Hall–Kier alpha value is -1.37. The lowest BCUT2D eigenvalue weighted by Gasteiger charge is -2.52. The molecular weight excluding hydrogens is 302 g/mol. The number of hydrogen-bond acceptors (Lipinski definition) is 9. The fraction of sp³-hybridized carbons (Fsp3) is 0.909. The third-order valence-corrected chi connectivity index (χ3v) is 3.56. The first-order valence-corrected chi connectivity index (χ1v) is 6.65. The van der Waals surface area contributed by atoms with Crippen LogP contribution in [-0.2, 0) is 4.74 Å². The number of ether oxygens (including phenoxy) is 1. The third-order valence-electron chi connectivity index (χ3n) is 3.56. The summed E-state index contributed by atoms with van der Waals surface area (Å²) in [7, 11) is 0.980. The second-order valence-corrected chi connectivity index (χ2v) is 5.11. The number of nitroso groups, excluding NO2 is 1. The van der Waals surface area contributed by atoms with Crippen LogP contribution in [0.1, 0.15) is 19.8 Å². The van der Waals surface area contributed by atoms with E-state index < -0.39 is 42.5 Å². The van der Waals surface area contributed by atoms with E-state index in [-0.39, 0.29) is 17.9 Å². The molecule has 0 radical (unpaired) electrons. The molecule has 0 spiro atoms. The third kappa shape index (κ3) is 3.04. The van der Waals surface area contributed by atoms with Crippen LogP contribution < -0.4 is 5.32 Å². The molecular formula is C11H21N3O8. The topological polar surface area (TPSA) is 172 Å². The summed E-state index contributed by atoms with van der Waals surface area (Å²) < 4.78 is 5.08. The Kier molecular flexibility index (Phi) is 5.78. The van der Waals surface area contributed by atoms with Gasteiger partial charge in [0.05, 0.1) is 11.9 Å². The van der Waals surface area contributed by atoms with Gasteiger partial charge in [0, 0.05) is 13.5 Å². The lowest BCUT2D eigenvalue weighted by atomic mass is 9.84. The first-order chi connectivity index (χ1) is 10.2. The highest BCUT2D eigenvalue weighted by molar-refractivity contribution is 5.74. The van der Waals surface area contributed by atoms with Crippen LogP contribution in [0.25, 0.3) is 0 Å². The molecule has 22 heavy (non-hydrogen) atoms. The second kappa shape index (κ2) is 6.81. The maximum absolute atomic E-state index is 11.7. The van der Waals surface area contributed by atoms with Crippen LogP contribution in [-0.4, -0.2) is 80.1 Å². The number of nitrogens with one attached hydrogen (secondary N) is 1. The smallest absolute Gasteiger partial charge is 0.342 e. The van der Waals surface area contributed by atoms with Crippen LogP contribution in [0.4, 0.5) is 4.79 Å². The van der Waals surface area contributed by atoms with Gasteiger partial charge in [0.25, 0.3) is 0 Å². The van der Waals surface area contributed by atoms with Gasteiger partial charge in [-0.15, -0.1) is 4.91 Å². The molecule has 0 aromatic carbocycles. The highest BCUT2D eigenvalue weighted by Crippen LogP contribution is 2.38. The number of rotatable bonds is 5. The molecule has 11 nitrogen and oxygen atoms in total. The van der Waals surface area contributed by atoms with Crippen molar-refractivity contribution < 1.29 is 35.1 Å². The van der Waals surface area contributed by atoms with Crippen molar-refractivity contribution in [2.45, 2.75) is 49.6 Å². The normalized spacial score (nSPS) is 38.4. The summed E-state index contributed by atoms with van der Waals surface area (Å²) in [6.07, 6.45) is -5.20. The molecule has 1 heterocycles. The van der Waals surface area contributed by atoms with E-state index >= 15 is 0 Å². The maximum atomic E-state index is 11.7. The van der Waals surface area contributed by atoms with E-state index in [2.05, 4.69) is 5.29 Å². The second-order valence-electron chi connectivity index (χ2n) is 5.11. The van der Waals surface area contributed by atoms with Crippen molar-refractivity contribution in [1.82, 2.24) is 10.3 Å². The molecule has 0 aliphatic carbocycles. The van der Waals surface area contributed by atoms with Crippen molar-refractivity contribution in [1.29, 1.82) is 0 Å². The highest BCUT2D eigenvalue weighted by atomic mass is 16.7. The van der Waals surface area contributed by atoms with Crippen molar-refractivity contribution in [2.75, 3.05) is 13.7 Å². The lowest BCUT2D eigenvalue weighted by Crippen LogP contribution is -2.79. The number of aliphatic hydroxyl groups excluding tert-OH is 3. The van der Waals surface area contributed by atoms with Gasteiger partial charge in [-0.2, -0.15) is 5.01 Å². The Morgan fingerprint density at radius 1 is 1.41 bits per heavy atom. The summed E-state index contributed by atoms with van der Waals surface area (Å²) in [5.41, 5.74) is -2.82. The predicted octanol–water partition coefficient (Wildman–Crippen LogP) is -2.40. The summed E-state index contributed by atoms with van der Waals surface area (Å²) in [4.78, 5) is 22.0. The zero-order valence-corrected chi connectivity index (χ0v) is 12.2. The molecule has 128 valence electrons. The van der Waals surface area contributed by atoms with Crippen molar-refractivity contribution in [3.05, 3.63) is 4.91 Å². The Morgan fingerprint density at radius 2 is 2.00 bits per heavy atom. The average molecular weight is 323 g/mol. The molecule has 1 fully saturated rings. The Bertz CT molecular complexity index is 424. The molecule has 0 unspecified atom stereocenters. The highest BCUT2D eigenvalue weighted by Gasteiger charge is 2.64. The number of amides is 2. The molecule has 0 aromatic rings. The minimum Gasteiger partial charge on any atom is -0.394 e. The molecule has 1 aliphatic heterocycles. The van der Waals surface area contributed by atoms with Crippen LogP contribution in [0.5, 0.6) is 0 Å². The van der Waals surface area contributed by atoms with Gasteiger partial charge < -0.3 is 35.6 Å². The minimum absolute atomic E-state index is 0.234. The van der Waals surface area contributed by atoms with E-state index in [0.29, 0.717) is 0 Å². The van der Waals surface area contributed by atoms with E-state index in [0.717, 1.165) is 7.05 Å². The van der Waals surface area contributed by atoms with Crippen LogP contribution >= 0.6 is 0 Å². The minimum atomic E-state index is -2.82. The van der Waals surface area contributed by atoms with Crippen molar-refractivity contribution in [3.63, 3.8) is 0 Å². The van der Waals surface area contributed by atoms with Gasteiger partial charge in [-0.1, -0.05) is 13.3 Å². The number of carbonyl (C=O) groups excluding carboxylic acids is 1. The van der Waals surface area contributed by atoms with E-state index in [1.165, 1.54) is 0 Å². The Labute approximate surface area is 126 Å². The summed E-state index contributed by atoms with van der Waals surface area (Å²) in [6.45, 7) is 0.901. The van der Waals surface area contributed by atoms with Gasteiger partial charge in [0.15, 0.2) is 0 Å². The average Bonchev–Trinajstić information content (AvgIpc) is 2.48. The molecule has 1 saturated heterocycles. The Balaban J connectivity index is 3.18. The fourth-order valence-electron chi connectivity index (χ4n) is 2.28. The van der Waals surface area contributed by atoms with Crippen LogP contribution in [0, 0.1) is 4.91 Å². The zero-order chi connectivity index (χ0) is 17.1. The van der Waals surface area contributed by atoms with Gasteiger partial charge in [-0.25, -0.2) is 4.79 Å². The molecule has 2 amide bonds. The summed E-state index contributed by atoms with van der Waals surface area (Å²) in [5.74, 6) is -2.49. The number of hydrogen-bond donors (Lipinski definition) is 6. The van der Waals surface area contributed by atoms with E-state index in [4.69, 9.17) is 9.84 Å². The maximum Gasteiger partial charge on any atom is 0.342 e. The SMILES string of the molecule is CCC[C@]1(O)O[C@H](CO)[C@@H](O)[C@H](O)[C@]1(O)NC(=O)N(C)N=O. The largest absolute Gasteiger partial charge is 0.394 e.